The molecule has 0 heterocycles. The molecule has 0 aliphatic carbocycles. The Labute approximate surface area is 99.8 Å². The van der Waals surface area contributed by atoms with E-state index >= 15 is 0 Å². The van der Waals surface area contributed by atoms with Crippen LogP contribution in [-0.4, -0.2) is 11.9 Å². The van der Waals surface area contributed by atoms with Crippen LogP contribution in [-0.2, 0) is 4.79 Å². The van der Waals surface area contributed by atoms with Gasteiger partial charge in [-0.3, -0.25) is 4.79 Å². The maximum atomic E-state index is 11.3. The van der Waals surface area contributed by atoms with Crippen LogP contribution in [0.25, 0.3) is 0 Å². The van der Waals surface area contributed by atoms with E-state index in [1.807, 2.05) is 19.1 Å². The lowest BCUT2D eigenvalue weighted by Crippen LogP contribution is -2.30. The lowest BCUT2D eigenvalue weighted by atomic mass is 10.2. The Morgan fingerprint density at radius 2 is 2.00 bits per heavy atom. The number of hydrogen-bond acceptors (Lipinski definition) is 1. The van der Waals surface area contributed by atoms with Gasteiger partial charge in [-0.05, 0) is 26.2 Å². The van der Waals surface area contributed by atoms with E-state index in [1.165, 1.54) is 19.3 Å². The highest BCUT2D eigenvalue weighted by Crippen LogP contribution is 1.99. The minimum Gasteiger partial charge on any atom is -0.350 e. The number of carbonyl (C=O) groups is 1. The molecule has 16 heavy (non-hydrogen) atoms. The van der Waals surface area contributed by atoms with Gasteiger partial charge in [0, 0.05) is 12.1 Å². The molecule has 92 valence electrons. The van der Waals surface area contributed by atoms with Crippen molar-refractivity contribution >= 4 is 5.91 Å². The summed E-state index contributed by atoms with van der Waals surface area (Å²) in [5.74, 6) is -0.00689. The summed E-state index contributed by atoms with van der Waals surface area (Å²) in [5.41, 5.74) is 0. The van der Waals surface area contributed by atoms with Crippen molar-refractivity contribution in [3.05, 3.63) is 24.3 Å². The molecule has 0 saturated heterocycles. The van der Waals surface area contributed by atoms with E-state index in [0.29, 0.717) is 0 Å². The Hall–Kier alpha value is -1.05. The summed E-state index contributed by atoms with van der Waals surface area (Å²) in [6.07, 6.45) is 13.3. The minimum atomic E-state index is -0.00689. The zero-order chi connectivity index (χ0) is 12.2. The number of nitrogens with one attached hydrogen (secondary N) is 1. The van der Waals surface area contributed by atoms with Crippen LogP contribution in [0.4, 0.5) is 0 Å². The lowest BCUT2D eigenvalue weighted by Gasteiger charge is -2.07. The molecule has 0 radical (unpaired) electrons. The first-order valence-electron chi connectivity index (χ1n) is 6.34. The summed E-state index contributed by atoms with van der Waals surface area (Å²) in [4.78, 5) is 11.3. The van der Waals surface area contributed by atoms with Crippen LogP contribution in [0.2, 0.25) is 0 Å². The van der Waals surface area contributed by atoms with E-state index in [1.54, 1.807) is 6.08 Å². The van der Waals surface area contributed by atoms with Crippen LogP contribution >= 0.6 is 0 Å². The van der Waals surface area contributed by atoms with Crippen LogP contribution < -0.4 is 5.32 Å². The first-order chi connectivity index (χ1) is 7.70. The average Bonchev–Trinajstić information content (AvgIpc) is 2.27. The fourth-order valence-corrected chi connectivity index (χ4v) is 1.22. The molecule has 1 atom stereocenters. The second kappa shape index (κ2) is 10.5. The number of rotatable bonds is 8. The third-order valence-corrected chi connectivity index (χ3v) is 2.47. The third kappa shape index (κ3) is 9.50. The summed E-state index contributed by atoms with van der Waals surface area (Å²) in [7, 11) is 0. The molecule has 0 aliphatic rings. The number of carbonyl (C=O) groups excluding carboxylic acids is 1. The highest BCUT2D eigenvalue weighted by Gasteiger charge is 1.99. The minimum absolute atomic E-state index is 0.00689. The van der Waals surface area contributed by atoms with Crippen molar-refractivity contribution in [3.8, 4) is 0 Å². The Bertz CT molecular complexity index is 231. The zero-order valence-corrected chi connectivity index (χ0v) is 10.8. The van der Waals surface area contributed by atoms with E-state index in [4.69, 9.17) is 0 Å². The van der Waals surface area contributed by atoms with Gasteiger partial charge >= 0.3 is 0 Å². The second-order valence-electron chi connectivity index (χ2n) is 4.10. The van der Waals surface area contributed by atoms with E-state index in [9.17, 15) is 4.79 Å². The van der Waals surface area contributed by atoms with Gasteiger partial charge in [-0.25, -0.2) is 0 Å². The molecule has 0 aromatic carbocycles. The molecule has 2 nitrogen and oxygen atoms in total. The molecular formula is C14H25NO. The molecule has 0 fully saturated rings. The fourth-order valence-electron chi connectivity index (χ4n) is 1.22. The van der Waals surface area contributed by atoms with Crippen molar-refractivity contribution in [3.63, 3.8) is 0 Å². The fraction of sp³-hybridized carbons (Fsp3) is 0.643. The first-order valence-corrected chi connectivity index (χ1v) is 6.34. The van der Waals surface area contributed by atoms with Crippen LogP contribution in [0.5, 0.6) is 0 Å². The molecule has 0 aliphatic heterocycles. The summed E-state index contributed by atoms with van der Waals surface area (Å²) < 4.78 is 0. The third-order valence-electron chi connectivity index (χ3n) is 2.47. The van der Waals surface area contributed by atoms with E-state index in [2.05, 4.69) is 25.2 Å². The lowest BCUT2D eigenvalue weighted by molar-refractivity contribution is -0.117. The predicted octanol–water partition coefficient (Wildman–Crippen LogP) is 3.59. The van der Waals surface area contributed by atoms with Gasteiger partial charge in [-0.1, -0.05) is 44.9 Å². The van der Waals surface area contributed by atoms with E-state index in [-0.39, 0.29) is 11.9 Å². The topological polar surface area (TPSA) is 29.1 Å². The number of hydrogen-bond donors (Lipinski definition) is 1. The monoisotopic (exact) mass is 223 g/mol. The Morgan fingerprint density at radius 1 is 1.25 bits per heavy atom. The van der Waals surface area contributed by atoms with Gasteiger partial charge in [0.1, 0.15) is 0 Å². The van der Waals surface area contributed by atoms with Gasteiger partial charge in [0.2, 0.25) is 5.91 Å². The van der Waals surface area contributed by atoms with Crippen LogP contribution in [0, 0.1) is 0 Å². The van der Waals surface area contributed by atoms with Crippen molar-refractivity contribution in [2.75, 3.05) is 0 Å². The van der Waals surface area contributed by atoms with E-state index < -0.39 is 0 Å². The Morgan fingerprint density at radius 3 is 2.62 bits per heavy atom. The second-order valence-corrected chi connectivity index (χ2v) is 4.10. The predicted molar refractivity (Wildman–Crippen MR) is 70.3 cm³/mol. The highest BCUT2D eigenvalue weighted by atomic mass is 16.1. The van der Waals surface area contributed by atoms with Crippen molar-refractivity contribution < 1.29 is 4.79 Å². The smallest absolute Gasteiger partial charge is 0.244 e. The maximum Gasteiger partial charge on any atom is 0.244 e. The largest absolute Gasteiger partial charge is 0.350 e. The van der Waals surface area contributed by atoms with Crippen molar-refractivity contribution in [1.82, 2.24) is 5.32 Å². The molecular weight excluding hydrogens is 198 g/mol. The van der Waals surface area contributed by atoms with Crippen LogP contribution in [0.1, 0.15) is 52.9 Å². The van der Waals surface area contributed by atoms with Crippen LogP contribution in [0.3, 0.4) is 0 Å². The summed E-state index contributed by atoms with van der Waals surface area (Å²) >= 11 is 0. The molecule has 0 bridgehead atoms. The summed E-state index contributed by atoms with van der Waals surface area (Å²) in [6, 6.07) is 0.255. The first kappa shape index (κ1) is 14.9. The molecule has 0 rings (SSSR count). The molecule has 0 unspecified atom stereocenters. The van der Waals surface area contributed by atoms with Gasteiger partial charge in [-0.2, -0.15) is 0 Å². The molecule has 1 N–H and O–H groups in total. The number of amides is 1. The SMILES string of the molecule is CCCCC/C=C/C=C/C(=O)N[C@H](C)CC. The number of unbranched alkanes of at least 4 members (excludes halogenated alkanes) is 3. The molecule has 0 spiro atoms. The summed E-state index contributed by atoms with van der Waals surface area (Å²) in [6.45, 7) is 6.26. The standard InChI is InChI=1S/C14H25NO/c1-4-6-7-8-9-10-11-12-14(16)15-13(3)5-2/h9-13H,4-8H2,1-3H3,(H,15,16)/b10-9+,12-11+/t13-/m1/s1. The Kier molecular flexibility index (Phi) is 9.78. The molecule has 2 heteroatoms. The van der Waals surface area contributed by atoms with E-state index in [0.717, 1.165) is 12.8 Å². The van der Waals surface area contributed by atoms with Gasteiger partial charge in [-0.15, -0.1) is 0 Å². The van der Waals surface area contributed by atoms with Crippen molar-refractivity contribution in [1.29, 1.82) is 0 Å². The van der Waals surface area contributed by atoms with Gasteiger partial charge < -0.3 is 5.32 Å². The maximum absolute atomic E-state index is 11.3. The van der Waals surface area contributed by atoms with Crippen molar-refractivity contribution in [2.24, 2.45) is 0 Å². The highest BCUT2D eigenvalue weighted by molar-refractivity contribution is 5.87. The molecule has 0 aromatic heterocycles. The quantitative estimate of drug-likeness (QED) is 0.380. The van der Waals surface area contributed by atoms with Crippen LogP contribution in [0.15, 0.2) is 24.3 Å². The van der Waals surface area contributed by atoms with Gasteiger partial charge in [0.15, 0.2) is 0 Å². The molecule has 0 saturated carbocycles. The average molecular weight is 223 g/mol. The van der Waals surface area contributed by atoms with Gasteiger partial charge in [0.05, 0.1) is 0 Å². The molecule has 1 amide bonds. The van der Waals surface area contributed by atoms with Gasteiger partial charge in [0.25, 0.3) is 0 Å². The Balaban J connectivity index is 3.62. The zero-order valence-electron chi connectivity index (χ0n) is 10.8. The number of allylic oxidation sites excluding steroid dienone is 3. The van der Waals surface area contributed by atoms with Crippen molar-refractivity contribution in [2.45, 2.75) is 58.9 Å². The molecule has 0 aromatic rings. The normalized spacial score (nSPS) is 13.4. The summed E-state index contributed by atoms with van der Waals surface area (Å²) in [5, 5.41) is 2.88.